The van der Waals surface area contributed by atoms with E-state index in [4.69, 9.17) is 23.8 Å². The fourth-order valence-electron chi connectivity index (χ4n) is 2.20. The third kappa shape index (κ3) is 2.84. The fraction of sp³-hybridized carbons (Fsp3) is 0.125. The number of benzene rings is 2. The second-order valence-electron chi connectivity index (χ2n) is 4.80. The average molecular weight is 334 g/mol. The predicted molar refractivity (Wildman–Crippen MR) is 92.8 cm³/mol. The van der Waals surface area contributed by atoms with E-state index in [0.29, 0.717) is 21.3 Å². The summed E-state index contributed by atoms with van der Waals surface area (Å²) in [4.78, 5) is 16.1. The molecule has 1 aliphatic rings. The Kier molecular flexibility index (Phi) is 4.02. The first-order valence-corrected chi connectivity index (χ1v) is 8.20. The number of fused-ring (bicyclic) bond motifs is 1. The molecule has 1 aliphatic heterocycles. The molecule has 0 aromatic heterocycles. The molecule has 1 amide bonds. The van der Waals surface area contributed by atoms with Crippen molar-refractivity contribution in [3.8, 4) is 0 Å². The van der Waals surface area contributed by atoms with Gasteiger partial charge in [-0.15, -0.1) is 11.8 Å². The summed E-state index contributed by atoms with van der Waals surface area (Å²) in [6, 6.07) is 12.9. The molecule has 0 N–H and O–H groups in total. The Balaban J connectivity index is 2.03. The standard InChI is InChI=1S/C16H12ClNOS2/c1-10-2-7-13-14(8-10)21-9-15(20)18(13)16(19)11-3-5-12(17)6-4-11/h2-8H,9H2,1H3. The van der Waals surface area contributed by atoms with Gasteiger partial charge in [0, 0.05) is 21.2 Å². The molecule has 5 heteroatoms. The molecule has 2 aromatic carbocycles. The van der Waals surface area contributed by atoms with Gasteiger partial charge in [-0.25, -0.2) is 0 Å². The molecule has 2 nitrogen and oxygen atoms in total. The summed E-state index contributed by atoms with van der Waals surface area (Å²) in [6.45, 7) is 2.04. The molecule has 3 rings (SSSR count). The van der Waals surface area contributed by atoms with Crippen LogP contribution in [0.3, 0.4) is 0 Å². The molecule has 2 aromatic rings. The van der Waals surface area contributed by atoms with E-state index in [-0.39, 0.29) is 5.91 Å². The van der Waals surface area contributed by atoms with Crippen LogP contribution in [0.25, 0.3) is 0 Å². The summed E-state index contributed by atoms with van der Waals surface area (Å²) in [6.07, 6.45) is 0. The Morgan fingerprint density at radius 1 is 1.24 bits per heavy atom. The highest BCUT2D eigenvalue weighted by Gasteiger charge is 2.28. The van der Waals surface area contributed by atoms with E-state index in [1.54, 1.807) is 40.9 Å². The summed E-state index contributed by atoms with van der Waals surface area (Å²) in [7, 11) is 0. The minimum Gasteiger partial charge on any atom is -0.269 e. The highest BCUT2D eigenvalue weighted by Crippen LogP contribution is 2.37. The van der Waals surface area contributed by atoms with E-state index < -0.39 is 0 Å². The predicted octanol–water partition coefficient (Wildman–Crippen LogP) is 4.73. The number of hydrogen-bond donors (Lipinski definition) is 0. The first-order valence-electron chi connectivity index (χ1n) is 6.42. The van der Waals surface area contributed by atoms with Gasteiger partial charge in [-0.2, -0.15) is 0 Å². The third-order valence-electron chi connectivity index (χ3n) is 3.25. The molecule has 0 bridgehead atoms. The molecule has 1 heterocycles. The zero-order valence-corrected chi connectivity index (χ0v) is 13.7. The number of nitrogens with zero attached hydrogens (tertiary/aromatic N) is 1. The van der Waals surface area contributed by atoms with Crippen molar-refractivity contribution in [1.82, 2.24) is 0 Å². The van der Waals surface area contributed by atoms with Crippen LogP contribution < -0.4 is 4.90 Å². The van der Waals surface area contributed by atoms with Gasteiger partial charge in [-0.1, -0.05) is 29.9 Å². The number of rotatable bonds is 1. The molecular formula is C16H12ClNOS2. The summed E-state index contributed by atoms with van der Waals surface area (Å²) < 4.78 is 0. The number of carbonyl (C=O) groups excluding carboxylic acids is 1. The Hall–Kier alpha value is -1.36. The monoisotopic (exact) mass is 333 g/mol. The van der Waals surface area contributed by atoms with E-state index in [1.807, 2.05) is 19.1 Å². The molecule has 0 aliphatic carbocycles. The van der Waals surface area contributed by atoms with Crippen molar-refractivity contribution in [2.24, 2.45) is 0 Å². The van der Waals surface area contributed by atoms with Crippen molar-refractivity contribution in [2.75, 3.05) is 10.7 Å². The van der Waals surface area contributed by atoms with Gasteiger partial charge >= 0.3 is 0 Å². The maximum atomic E-state index is 12.8. The van der Waals surface area contributed by atoms with Crippen LogP contribution in [-0.2, 0) is 0 Å². The van der Waals surface area contributed by atoms with Gasteiger partial charge in [-0.3, -0.25) is 9.69 Å². The van der Waals surface area contributed by atoms with Crippen molar-refractivity contribution in [3.05, 3.63) is 58.6 Å². The van der Waals surface area contributed by atoms with Crippen LogP contribution in [0.4, 0.5) is 5.69 Å². The number of thiocarbonyl (C=S) groups is 1. The molecule has 0 spiro atoms. The fourth-order valence-corrected chi connectivity index (χ4v) is 3.67. The molecule has 0 unspecified atom stereocenters. The van der Waals surface area contributed by atoms with Crippen LogP contribution in [0, 0.1) is 6.92 Å². The number of halogens is 1. The molecule has 0 atom stereocenters. The highest BCUT2D eigenvalue weighted by atomic mass is 35.5. The number of aryl methyl sites for hydroxylation is 1. The quantitative estimate of drug-likeness (QED) is 0.704. The van der Waals surface area contributed by atoms with Crippen LogP contribution in [0.1, 0.15) is 15.9 Å². The molecule has 106 valence electrons. The van der Waals surface area contributed by atoms with E-state index in [1.165, 1.54) is 5.56 Å². The zero-order valence-electron chi connectivity index (χ0n) is 11.3. The molecule has 0 radical (unpaired) electrons. The van der Waals surface area contributed by atoms with Crippen molar-refractivity contribution < 1.29 is 4.79 Å². The summed E-state index contributed by atoms with van der Waals surface area (Å²) >= 11 is 12.9. The lowest BCUT2D eigenvalue weighted by Crippen LogP contribution is -2.39. The Morgan fingerprint density at radius 3 is 2.67 bits per heavy atom. The van der Waals surface area contributed by atoms with Crippen LogP contribution >= 0.6 is 35.6 Å². The molecule has 0 saturated carbocycles. The number of carbonyl (C=O) groups is 1. The van der Waals surface area contributed by atoms with Crippen molar-refractivity contribution >= 4 is 52.2 Å². The molecule has 0 fully saturated rings. The summed E-state index contributed by atoms with van der Waals surface area (Å²) in [5.41, 5.74) is 2.62. The van der Waals surface area contributed by atoms with Gasteiger partial charge < -0.3 is 0 Å². The Bertz CT molecular complexity index is 728. The van der Waals surface area contributed by atoms with Crippen molar-refractivity contribution in [3.63, 3.8) is 0 Å². The second kappa shape index (κ2) is 5.79. The molecule has 0 saturated heterocycles. The van der Waals surface area contributed by atoms with Crippen LogP contribution in [0.5, 0.6) is 0 Å². The van der Waals surface area contributed by atoms with Crippen LogP contribution in [-0.4, -0.2) is 16.6 Å². The number of hydrogen-bond acceptors (Lipinski definition) is 3. The first kappa shape index (κ1) is 14.6. The van der Waals surface area contributed by atoms with Gasteiger partial charge in [-0.05, 0) is 48.9 Å². The maximum absolute atomic E-state index is 12.8. The minimum atomic E-state index is -0.109. The normalized spacial score (nSPS) is 14.0. The Labute approximate surface area is 138 Å². The smallest absolute Gasteiger partial charge is 0.263 e. The molecular weight excluding hydrogens is 322 g/mol. The number of anilines is 1. The van der Waals surface area contributed by atoms with Crippen molar-refractivity contribution in [1.29, 1.82) is 0 Å². The first-order chi connectivity index (χ1) is 10.1. The second-order valence-corrected chi connectivity index (χ2v) is 6.73. The molecule has 21 heavy (non-hydrogen) atoms. The van der Waals surface area contributed by atoms with E-state index >= 15 is 0 Å². The highest BCUT2D eigenvalue weighted by molar-refractivity contribution is 8.01. The zero-order chi connectivity index (χ0) is 15.0. The van der Waals surface area contributed by atoms with Gasteiger partial charge in [0.1, 0.15) is 4.99 Å². The largest absolute Gasteiger partial charge is 0.269 e. The Morgan fingerprint density at radius 2 is 1.95 bits per heavy atom. The lowest BCUT2D eigenvalue weighted by molar-refractivity contribution is 0.100. The SMILES string of the molecule is Cc1ccc2c(c1)SCC(=S)N2C(=O)c1ccc(Cl)cc1. The van der Waals surface area contributed by atoms with Crippen LogP contribution in [0.15, 0.2) is 47.4 Å². The van der Waals surface area contributed by atoms with Gasteiger partial charge in [0.25, 0.3) is 5.91 Å². The number of thioether (sulfide) groups is 1. The van der Waals surface area contributed by atoms with Crippen molar-refractivity contribution in [2.45, 2.75) is 11.8 Å². The van der Waals surface area contributed by atoms with Crippen LogP contribution in [0.2, 0.25) is 5.02 Å². The van der Waals surface area contributed by atoms with E-state index in [9.17, 15) is 4.79 Å². The topological polar surface area (TPSA) is 20.3 Å². The third-order valence-corrected chi connectivity index (χ3v) is 5.07. The lowest BCUT2D eigenvalue weighted by Gasteiger charge is -2.29. The minimum absolute atomic E-state index is 0.109. The van der Waals surface area contributed by atoms with E-state index in [0.717, 1.165) is 10.6 Å². The maximum Gasteiger partial charge on any atom is 0.263 e. The van der Waals surface area contributed by atoms with Gasteiger partial charge in [0.05, 0.1) is 5.69 Å². The average Bonchev–Trinajstić information content (AvgIpc) is 2.47. The van der Waals surface area contributed by atoms with E-state index in [2.05, 4.69) is 6.07 Å². The number of amides is 1. The summed E-state index contributed by atoms with van der Waals surface area (Å²) in [5, 5.41) is 0.611. The van der Waals surface area contributed by atoms with Gasteiger partial charge in [0.2, 0.25) is 0 Å². The van der Waals surface area contributed by atoms with Gasteiger partial charge in [0.15, 0.2) is 0 Å². The summed E-state index contributed by atoms with van der Waals surface area (Å²) in [5.74, 6) is 0.535. The lowest BCUT2D eigenvalue weighted by atomic mass is 10.1.